The van der Waals surface area contributed by atoms with Gasteiger partial charge in [0.2, 0.25) is 5.91 Å². The summed E-state index contributed by atoms with van der Waals surface area (Å²) in [5, 5.41) is 4.80. The van der Waals surface area contributed by atoms with Crippen LogP contribution in [0.25, 0.3) is 10.8 Å². The lowest BCUT2D eigenvalue weighted by atomic mass is 10.0. The third kappa shape index (κ3) is 4.50. The number of pyridine rings is 1. The van der Waals surface area contributed by atoms with E-state index in [1.807, 2.05) is 56.3 Å². The van der Waals surface area contributed by atoms with Crippen LogP contribution in [0.1, 0.15) is 40.0 Å². The molecule has 3 rings (SSSR count). The Bertz CT molecular complexity index is 1070. The lowest BCUT2D eigenvalue weighted by Crippen LogP contribution is -2.28. The number of nitrogens with one attached hydrogen (secondary N) is 2. The number of hydrogen-bond acceptors (Lipinski definition) is 3. The standard InChI is InChI=1S/C22H22N2O3/c1-14-11-15(2)24-22(27)19(14)13-23-21(26)10-9-20(25)18-8-7-16-5-3-4-6-17(16)12-18/h3-8,11-12H,9-10,13H2,1-2H3,(H,23,26)(H,24,27). The molecule has 0 saturated heterocycles. The molecule has 0 aliphatic rings. The molecular formula is C22H22N2O3. The summed E-state index contributed by atoms with van der Waals surface area (Å²) in [4.78, 5) is 39.2. The van der Waals surface area contributed by atoms with Gasteiger partial charge in [0.15, 0.2) is 5.78 Å². The van der Waals surface area contributed by atoms with E-state index in [2.05, 4.69) is 10.3 Å². The summed E-state index contributed by atoms with van der Waals surface area (Å²) in [7, 11) is 0. The Morgan fingerprint density at radius 3 is 2.44 bits per heavy atom. The summed E-state index contributed by atoms with van der Waals surface area (Å²) in [6.45, 7) is 3.81. The normalized spacial score (nSPS) is 10.7. The van der Waals surface area contributed by atoms with Crippen LogP contribution in [0.2, 0.25) is 0 Å². The average molecular weight is 362 g/mol. The van der Waals surface area contributed by atoms with Crippen LogP contribution in [0, 0.1) is 13.8 Å². The Morgan fingerprint density at radius 1 is 0.963 bits per heavy atom. The maximum absolute atomic E-state index is 12.4. The molecule has 5 heteroatoms. The van der Waals surface area contributed by atoms with Crippen molar-refractivity contribution in [3.05, 3.63) is 81.3 Å². The SMILES string of the molecule is Cc1cc(C)c(CNC(=O)CCC(=O)c2ccc3ccccc3c2)c(=O)[nH]1. The monoisotopic (exact) mass is 362 g/mol. The number of aromatic amines is 1. The summed E-state index contributed by atoms with van der Waals surface area (Å²) in [5.41, 5.74) is 2.57. The molecule has 0 aliphatic carbocycles. The first kappa shape index (κ1) is 18.6. The van der Waals surface area contributed by atoms with E-state index in [0.717, 1.165) is 22.0 Å². The summed E-state index contributed by atoms with van der Waals surface area (Å²) in [6.07, 6.45) is 0.224. The summed E-state index contributed by atoms with van der Waals surface area (Å²) in [6, 6.07) is 15.3. The van der Waals surface area contributed by atoms with Gasteiger partial charge in [-0.1, -0.05) is 36.4 Å². The number of aromatic nitrogens is 1. The predicted octanol–water partition coefficient (Wildman–Crippen LogP) is 3.42. The maximum Gasteiger partial charge on any atom is 0.253 e. The summed E-state index contributed by atoms with van der Waals surface area (Å²) in [5.74, 6) is -0.316. The lowest BCUT2D eigenvalue weighted by molar-refractivity contribution is -0.121. The van der Waals surface area contributed by atoms with Gasteiger partial charge in [-0.25, -0.2) is 0 Å². The number of fused-ring (bicyclic) bond motifs is 1. The number of hydrogen-bond donors (Lipinski definition) is 2. The van der Waals surface area contributed by atoms with Gasteiger partial charge in [0.1, 0.15) is 0 Å². The van der Waals surface area contributed by atoms with Crippen molar-refractivity contribution in [1.82, 2.24) is 10.3 Å². The van der Waals surface area contributed by atoms with E-state index in [0.29, 0.717) is 11.1 Å². The van der Waals surface area contributed by atoms with E-state index in [-0.39, 0.29) is 36.6 Å². The van der Waals surface area contributed by atoms with Gasteiger partial charge in [-0.2, -0.15) is 0 Å². The van der Waals surface area contributed by atoms with Crippen LogP contribution in [0.3, 0.4) is 0 Å². The van der Waals surface area contributed by atoms with Gasteiger partial charge in [-0.05, 0) is 42.3 Å². The molecular weight excluding hydrogens is 340 g/mol. The molecule has 0 unspecified atom stereocenters. The van der Waals surface area contributed by atoms with Crippen molar-refractivity contribution in [2.45, 2.75) is 33.2 Å². The first-order chi connectivity index (χ1) is 12.9. The highest BCUT2D eigenvalue weighted by molar-refractivity contribution is 6.01. The number of Topliss-reactive ketones (excluding diaryl/α,β-unsaturated/α-hetero) is 1. The van der Waals surface area contributed by atoms with Gasteiger partial charge in [0, 0.05) is 36.2 Å². The van der Waals surface area contributed by atoms with Gasteiger partial charge in [-0.15, -0.1) is 0 Å². The third-order valence-corrected chi connectivity index (χ3v) is 4.61. The van der Waals surface area contributed by atoms with Crippen molar-refractivity contribution in [3.63, 3.8) is 0 Å². The fraction of sp³-hybridized carbons (Fsp3) is 0.227. The molecule has 5 nitrogen and oxygen atoms in total. The zero-order valence-electron chi connectivity index (χ0n) is 15.5. The van der Waals surface area contributed by atoms with Gasteiger partial charge in [0.25, 0.3) is 5.56 Å². The third-order valence-electron chi connectivity index (χ3n) is 4.61. The Hall–Kier alpha value is -3.21. The van der Waals surface area contributed by atoms with Crippen molar-refractivity contribution in [2.75, 3.05) is 0 Å². The van der Waals surface area contributed by atoms with Gasteiger partial charge in [-0.3, -0.25) is 14.4 Å². The molecule has 2 N–H and O–H groups in total. The van der Waals surface area contributed by atoms with Crippen LogP contribution in [0.4, 0.5) is 0 Å². The minimum Gasteiger partial charge on any atom is -0.352 e. The quantitative estimate of drug-likeness (QED) is 0.660. The molecule has 1 aromatic heterocycles. The molecule has 2 aromatic carbocycles. The van der Waals surface area contributed by atoms with Gasteiger partial charge in [0.05, 0.1) is 0 Å². The van der Waals surface area contributed by atoms with Crippen molar-refractivity contribution >= 4 is 22.5 Å². The number of amides is 1. The molecule has 138 valence electrons. The Labute approximate surface area is 157 Å². The topological polar surface area (TPSA) is 79.0 Å². The maximum atomic E-state index is 12.4. The first-order valence-electron chi connectivity index (χ1n) is 8.92. The smallest absolute Gasteiger partial charge is 0.253 e. The average Bonchev–Trinajstić information content (AvgIpc) is 2.64. The fourth-order valence-electron chi connectivity index (χ4n) is 3.11. The van der Waals surface area contributed by atoms with Gasteiger partial charge < -0.3 is 10.3 Å². The highest BCUT2D eigenvalue weighted by Gasteiger charge is 2.11. The zero-order chi connectivity index (χ0) is 19.4. The lowest BCUT2D eigenvalue weighted by Gasteiger charge is -2.08. The van der Waals surface area contributed by atoms with Crippen molar-refractivity contribution in [2.24, 2.45) is 0 Å². The number of carbonyl (C=O) groups is 2. The molecule has 0 fully saturated rings. The number of benzene rings is 2. The van der Waals surface area contributed by atoms with Gasteiger partial charge >= 0.3 is 0 Å². The van der Waals surface area contributed by atoms with Crippen LogP contribution in [0.15, 0.2) is 53.3 Å². The largest absolute Gasteiger partial charge is 0.352 e. The van der Waals surface area contributed by atoms with E-state index < -0.39 is 0 Å². The minimum absolute atomic E-state index is 0.0692. The minimum atomic E-state index is -0.247. The number of carbonyl (C=O) groups excluding carboxylic acids is 2. The molecule has 1 heterocycles. The number of ketones is 1. The Balaban J connectivity index is 1.57. The Morgan fingerprint density at radius 2 is 1.70 bits per heavy atom. The molecule has 0 saturated carbocycles. The number of rotatable bonds is 6. The molecule has 0 bridgehead atoms. The second-order valence-electron chi connectivity index (χ2n) is 6.70. The molecule has 3 aromatic rings. The van der Waals surface area contributed by atoms with Crippen molar-refractivity contribution < 1.29 is 9.59 Å². The first-order valence-corrected chi connectivity index (χ1v) is 8.92. The highest BCUT2D eigenvalue weighted by Crippen LogP contribution is 2.17. The molecule has 0 aliphatic heterocycles. The summed E-state index contributed by atoms with van der Waals surface area (Å²) >= 11 is 0. The van der Waals surface area contributed by atoms with E-state index in [4.69, 9.17) is 0 Å². The van der Waals surface area contributed by atoms with Crippen LogP contribution in [0.5, 0.6) is 0 Å². The molecule has 0 spiro atoms. The van der Waals surface area contributed by atoms with E-state index in [1.54, 1.807) is 6.07 Å². The number of aryl methyl sites for hydroxylation is 2. The van der Waals surface area contributed by atoms with E-state index in [1.165, 1.54) is 0 Å². The van der Waals surface area contributed by atoms with Crippen LogP contribution < -0.4 is 10.9 Å². The predicted molar refractivity (Wildman–Crippen MR) is 106 cm³/mol. The van der Waals surface area contributed by atoms with E-state index >= 15 is 0 Å². The van der Waals surface area contributed by atoms with Crippen molar-refractivity contribution in [1.29, 1.82) is 0 Å². The molecule has 0 atom stereocenters. The molecule has 27 heavy (non-hydrogen) atoms. The Kier molecular flexibility index (Phi) is 5.50. The highest BCUT2D eigenvalue weighted by atomic mass is 16.2. The molecule has 0 radical (unpaired) electrons. The van der Waals surface area contributed by atoms with Crippen LogP contribution in [-0.4, -0.2) is 16.7 Å². The van der Waals surface area contributed by atoms with Crippen molar-refractivity contribution in [3.8, 4) is 0 Å². The summed E-state index contributed by atoms with van der Waals surface area (Å²) < 4.78 is 0. The second-order valence-corrected chi connectivity index (χ2v) is 6.70. The fourth-order valence-corrected chi connectivity index (χ4v) is 3.11. The molecule has 1 amide bonds. The zero-order valence-corrected chi connectivity index (χ0v) is 15.5. The van der Waals surface area contributed by atoms with Crippen LogP contribution >= 0.6 is 0 Å². The second kappa shape index (κ2) is 7.99. The number of H-pyrrole nitrogens is 1. The van der Waals surface area contributed by atoms with E-state index in [9.17, 15) is 14.4 Å². The van der Waals surface area contributed by atoms with Crippen LogP contribution in [-0.2, 0) is 11.3 Å².